The molecule has 0 aliphatic heterocycles. The Morgan fingerprint density at radius 2 is 1.41 bits per heavy atom. The molecule has 0 fully saturated rings. The number of aromatic nitrogens is 2. The molecular weight excluding hydrogens is 400 g/mol. The van der Waals surface area contributed by atoms with Crippen LogP contribution in [0.5, 0.6) is 11.5 Å². The molecule has 1 heterocycles. The van der Waals surface area contributed by atoms with Crippen LogP contribution in [0.4, 0.5) is 0 Å². The van der Waals surface area contributed by atoms with Crippen molar-refractivity contribution in [3.8, 4) is 22.9 Å². The number of rotatable bonds is 18. The lowest BCUT2D eigenvalue weighted by molar-refractivity contribution is 0.123. The van der Waals surface area contributed by atoms with E-state index in [1.807, 2.05) is 24.3 Å². The molecule has 0 saturated heterocycles. The summed E-state index contributed by atoms with van der Waals surface area (Å²) in [6, 6.07) is 7.89. The second-order valence-corrected chi connectivity index (χ2v) is 7.92. The zero-order chi connectivity index (χ0) is 22.7. The first kappa shape index (κ1) is 25.9. The van der Waals surface area contributed by atoms with E-state index >= 15 is 0 Å². The number of benzene rings is 1. The molecule has 1 aromatic carbocycles. The molecule has 1 aromatic heterocycles. The number of unbranched alkanes of at least 4 members (excludes halogenated alkanes) is 6. The molecule has 0 saturated carbocycles. The van der Waals surface area contributed by atoms with Crippen molar-refractivity contribution in [2.24, 2.45) is 0 Å². The fraction of sp³-hybridized carbons (Fsp3) is 0.556. The van der Waals surface area contributed by atoms with Gasteiger partial charge in [0.05, 0.1) is 19.0 Å². The Labute approximate surface area is 194 Å². The van der Waals surface area contributed by atoms with Gasteiger partial charge in [-0.3, -0.25) is 0 Å². The van der Waals surface area contributed by atoms with Gasteiger partial charge < -0.3 is 14.2 Å². The maximum atomic E-state index is 5.78. The molecule has 0 unspecified atom stereocenters. The minimum absolute atomic E-state index is 0.598. The maximum Gasteiger partial charge on any atom is 0.159 e. The van der Waals surface area contributed by atoms with E-state index in [4.69, 9.17) is 14.2 Å². The molecule has 0 aliphatic rings. The molecule has 0 atom stereocenters. The van der Waals surface area contributed by atoms with Crippen LogP contribution in [0, 0.1) is 0 Å². The quantitative estimate of drug-likeness (QED) is 0.184. The summed E-state index contributed by atoms with van der Waals surface area (Å²) in [4.78, 5) is 8.86. The lowest BCUT2D eigenvalue weighted by Gasteiger charge is -2.07. The minimum atomic E-state index is 0.598. The van der Waals surface area contributed by atoms with E-state index in [2.05, 4.69) is 36.0 Å². The van der Waals surface area contributed by atoms with Gasteiger partial charge >= 0.3 is 0 Å². The molecule has 0 amide bonds. The van der Waals surface area contributed by atoms with E-state index in [-0.39, 0.29) is 0 Å². The highest BCUT2D eigenvalue weighted by Gasteiger charge is 2.03. The lowest BCUT2D eigenvalue weighted by Crippen LogP contribution is -2.02. The van der Waals surface area contributed by atoms with Crippen molar-refractivity contribution < 1.29 is 14.2 Å². The minimum Gasteiger partial charge on any atom is -0.490 e. The van der Waals surface area contributed by atoms with E-state index in [0.717, 1.165) is 50.2 Å². The molecule has 0 N–H and O–H groups in total. The second kappa shape index (κ2) is 17.2. The van der Waals surface area contributed by atoms with Crippen LogP contribution in [0.2, 0.25) is 0 Å². The molecule has 32 heavy (non-hydrogen) atoms. The maximum absolute atomic E-state index is 5.78. The molecule has 0 aliphatic carbocycles. The molecule has 5 heteroatoms. The summed E-state index contributed by atoms with van der Waals surface area (Å²) in [6.45, 7) is 7.31. The van der Waals surface area contributed by atoms with Crippen LogP contribution in [-0.2, 0) is 4.74 Å². The first-order valence-electron chi connectivity index (χ1n) is 12.2. The van der Waals surface area contributed by atoms with Crippen LogP contribution in [0.3, 0.4) is 0 Å². The Morgan fingerprint density at radius 1 is 0.688 bits per heavy atom. The zero-order valence-corrected chi connectivity index (χ0v) is 19.9. The Kier molecular flexibility index (Phi) is 13.9. The lowest BCUT2D eigenvalue weighted by atomic mass is 10.1. The van der Waals surface area contributed by atoms with Crippen molar-refractivity contribution in [2.45, 2.75) is 71.6 Å². The Bertz CT molecular complexity index is 730. The zero-order valence-electron chi connectivity index (χ0n) is 19.9. The van der Waals surface area contributed by atoms with Crippen LogP contribution < -0.4 is 9.47 Å². The van der Waals surface area contributed by atoms with Crippen molar-refractivity contribution in [2.75, 3.05) is 26.4 Å². The second-order valence-electron chi connectivity index (χ2n) is 7.92. The largest absolute Gasteiger partial charge is 0.490 e. The van der Waals surface area contributed by atoms with Gasteiger partial charge in [0, 0.05) is 18.8 Å². The van der Waals surface area contributed by atoms with Gasteiger partial charge in [-0.2, -0.15) is 0 Å². The van der Waals surface area contributed by atoms with E-state index in [9.17, 15) is 0 Å². The third-order valence-corrected chi connectivity index (χ3v) is 5.07. The highest BCUT2D eigenvalue weighted by molar-refractivity contribution is 5.56. The summed E-state index contributed by atoms with van der Waals surface area (Å²) in [5.41, 5.74) is 0.958. The molecule has 176 valence electrons. The topological polar surface area (TPSA) is 53.5 Å². The van der Waals surface area contributed by atoms with E-state index in [1.54, 1.807) is 12.4 Å². The summed E-state index contributed by atoms with van der Waals surface area (Å²) in [7, 11) is 0. The number of nitrogens with zero attached hydrogens (tertiary/aromatic N) is 2. The smallest absolute Gasteiger partial charge is 0.159 e. The predicted octanol–water partition coefficient (Wildman–Crippen LogP) is 7.02. The highest BCUT2D eigenvalue weighted by atomic mass is 16.5. The van der Waals surface area contributed by atoms with Gasteiger partial charge in [0.1, 0.15) is 12.4 Å². The van der Waals surface area contributed by atoms with Crippen molar-refractivity contribution in [1.82, 2.24) is 9.97 Å². The van der Waals surface area contributed by atoms with Crippen LogP contribution >= 0.6 is 0 Å². The summed E-state index contributed by atoms with van der Waals surface area (Å²) in [5, 5.41) is 0. The molecule has 2 aromatic rings. The Hall–Kier alpha value is -2.40. The van der Waals surface area contributed by atoms with Crippen LogP contribution in [-0.4, -0.2) is 36.4 Å². The van der Waals surface area contributed by atoms with Gasteiger partial charge in [0.25, 0.3) is 0 Å². The van der Waals surface area contributed by atoms with Crippen molar-refractivity contribution in [3.05, 3.63) is 48.8 Å². The average molecular weight is 441 g/mol. The molecule has 0 bridgehead atoms. The highest BCUT2D eigenvalue weighted by Crippen LogP contribution is 2.20. The molecule has 2 rings (SSSR count). The van der Waals surface area contributed by atoms with E-state index in [1.165, 1.54) is 32.1 Å². The summed E-state index contributed by atoms with van der Waals surface area (Å²) in [5.74, 6) is 2.23. The SMILES string of the molecule is CCCCCC/C=C/COc1ccc(-c2ncc(OCCCCOCCCC)cn2)cc1. The van der Waals surface area contributed by atoms with E-state index < -0.39 is 0 Å². The molecule has 5 nitrogen and oxygen atoms in total. The summed E-state index contributed by atoms with van der Waals surface area (Å²) in [6.07, 6.45) is 18.4. The monoisotopic (exact) mass is 440 g/mol. The number of hydrogen-bond donors (Lipinski definition) is 0. The normalized spacial score (nSPS) is 11.2. The van der Waals surface area contributed by atoms with E-state index in [0.29, 0.717) is 24.8 Å². The fourth-order valence-corrected chi connectivity index (χ4v) is 3.10. The number of hydrogen-bond acceptors (Lipinski definition) is 5. The third kappa shape index (κ3) is 11.3. The van der Waals surface area contributed by atoms with Crippen LogP contribution in [0.25, 0.3) is 11.4 Å². The van der Waals surface area contributed by atoms with Crippen molar-refractivity contribution >= 4 is 0 Å². The molecule has 0 radical (unpaired) electrons. The summed E-state index contributed by atoms with van der Waals surface area (Å²) < 4.78 is 17.1. The summed E-state index contributed by atoms with van der Waals surface area (Å²) >= 11 is 0. The number of ether oxygens (including phenoxy) is 3. The van der Waals surface area contributed by atoms with Gasteiger partial charge in [0.15, 0.2) is 11.6 Å². The average Bonchev–Trinajstić information content (AvgIpc) is 2.83. The molecule has 0 spiro atoms. The van der Waals surface area contributed by atoms with Gasteiger partial charge in [0.2, 0.25) is 0 Å². The fourth-order valence-electron chi connectivity index (χ4n) is 3.10. The van der Waals surface area contributed by atoms with Gasteiger partial charge in [-0.05, 0) is 56.4 Å². The van der Waals surface area contributed by atoms with Crippen LogP contribution in [0.1, 0.15) is 71.6 Å². The van der Waals surface area contributed by atoms with Gasteiger partial charge in [-0.15, -0.1) is 0 Å². The third-order valence-electron chi connectivity index (χ3n) is 5.07. The number of allylic oxidation sites excluding steroid dienone is 1. The molecular formula is C27H40N2O3. The Morgan fingerprint density at radius 3 is 2.16 bits per heavy atom. The van der Waals surface area contributed by atoms with Crippen LogP contribution in [0.15, 0.2) is 48.8 Å². The van der Waals surface area contributed by atoms with Gasteiger partial charge in [-0.1, -0.05) is 51.7 Å². The Balaban J connectivity index is 1.64. The van der Waals surface area contributed by atoms with Crippen molar-refractivity contribution in [3.63, 3.8) is 0 Å². The predicted molar refractivity (Wildman–Crippen MR) is 131 cm³/mol. The van der Waals surface area contributed by atoms with Crippen molar-refractivity contribution in [1.29, 1.82) is 0 Å². The first-order chi connectivity index (χ1) is 15.8. The van der Waals surface area contributed by atoms with Gasteiger partial charge in [-0.25, -0.2) is 9.97 Å². The standard InChI is InChI=1S/C27H40N2O3/c1-3-5-7-8-9-10-11-20-31-25-16-14-24(15-17-25)27-28-22-26(23-29-27)32-21-13-12-19-30-18-6-4-2/h10-11,14-17,22-23H,3-9,12-13,18-21H2,1-2H3/b11-10+. The first-order valence-corrected chi connectivity index (χ1v) is 12.2.